The first-order chi connectivity index (χ1) is 26.7. The minimum absolute atomic E-state index is 0.175. The fraction of sp³-hybridized carbons (Fsp3) is 0.0200. The number of hydrogen-bond donors (Lipinski definition) is 0. The molecule has 1 aliphatic rings. The summed E-state index contributed by atoms with van der Waals surface area (Å²) in [7, 11) is 0. The zero-order valence-corrected chi connectivity index (χ0v) is 30.0. The minimum atomic E-state index is -0.175. The van der Waals surface area contributed by atoms with Crippen LogP contribution in [0.1, 0.15) is 17.3 Å². The summed E-state index contributed by atoms with van der Waals surface area (Å²) < 4.78 is 9.11. The lowest BCUT2D eigenvalue weighted by molar-refractivity contribution is 0.666. The summed E-state index contributed by atoms with van der Waals surface area (Å²) in [6, 6.07) is 67.1. The van der Waals surface area contributed by atoms with Crippen molar-refractivity contribution in [2.75, 3.05) is 4.90 Å². The zero-order chi connectivity index (χ0) is 35.6. The number of thiophene rings is 1. The van der Waals surface area contributed by atoms with Crippen LogP contribution < -0.4 is 4.90 Å². The van der Waals surface area contributed by atoms with Crippen molar-refractivity contribution in [2.24, 2.45) is 4.99 Å². The molecule has 10 aromatic rings. The molecule has 0 amide bonds. The number of rotatable bonds is 6. The predicted molar refractivity (Wildman–Crippen MR) is 228 cm³/mol. The Morgan fingerprint density at radius 3 is 1.81 bits per heavy atom. The first kappa shape index (κ1) is 30.8. The molecule has 8 aromatic carbocycles. The number of furan rings is 1. The summed E-state index contributed by atoms with van der Waals surface area (Å²) in [5.41, 5.74) is 12.3. The molecule has 0 bridgehead atoms. The van der Waals surface area contributed by atoms with Gasteiger partial charge in [-0.1, -0.05) is 146 Å². The van der Waals surface area contributed by atoms with Crippen molar-refractivity contribution in [1.29, 1.82) is 0 Å². The molecule has 0 aliphatic carbocycles. The van der Waals surface area contributed by atoms with Crippen molar-refractivity contribution in [3.63, 3.8) is 0 Å². The lowest BCUT2D eigenvalue weighted by Crippen LogP contribution is -2.43. The maximum absolute atomic E-state index is 6.54. The van der Waals surface area contributed by atoms with Gasteiger partial charge in [0.05, 0.1) is 0 Å². The number of aliphatic imine (C=N–C) groups is 1. The van der Waals surface area contributed by atoms with Gasteiger partial charge in [0.2, 0.25) is 0 Å². The van der Waals surface area contributed by atoms with Gasteiger partial charge in [-0.2, -0.15) is 0 Å². The molecule has 0 saturated heterocycles. The van der Waals surface area contributed by atoms with Gasteiger partial charge in [-0.3, -0.25) is 4.90 Å². The molecule has 11 rings (SSSR count). The molecule has 0 N–H and O–H groups in total. The van der Waals surface area contributed by atoms with E-state index in [-0.39, 0.29) is 6.17 Å². The van der Waals surface area contributed by atoms with Crippen LogP contribution in [0, 0.1) is 0 Å². The van der Waals surface area contributed by atoms with Gasteiger partial charge in [-0.25, -0.2) is 4.99 Å². The van der Waals surface area contributed by atoms with Crippen LogP contribution >= 0.6 is 11.3 Å². The summed E-state index contributed by atoms with van der Waals surface area (Å²) in [4.78, 5) is 7.76. The molecule has 3 heterocycles. The molecule has 1 atom stereocenters. The molecule has 54 heavy (non-hydrogen) atoms. The van der Waals surface area contributed by atoms with Crippen molar-refractivity contribution in [3.05, 3.63) is 199 Å². The number of fused-ring (bicyclic) bond motifs is 6. The Morgan fingerprint density at radius 1 is 0.426 bits per heavy atom. The average molecular weight is 709 g/mol. The van der Waals surface area contributed by atoms with Gasteiger partial charge < -0.3 is 4.42 Å². The Balaban J connectivity index is 1.01. The van der Waals surface area contributed by atoms with Crippen LogP contribution in [-0.2, 0) is 0 Å². The fourth-order valence-electron chi connectivity index (χ4n) is 8.00. The maximum Gasteiger partial charge on any atom is 0.156 e. The number of hydrogen-bond acceptors (Lipinski definition) is 4. The van der Waals surface area contributed by atoms with E-state index < -0.39 is 0 Å². The van der Waals surface area contributed by atoms with E-state index in [1.165, 1.54) is 59.1 Å². The Hall–Kier alpha value is -6.75. The van der Waals surface area contributed by atoms with Gasteiger partial charge in [0.25, 0.3) is 0 Å². The number of anilines is 1. The van der Waals surface area contributed by atoms with Crippen LogP contribution in [0.3, 0.4) is 0 Å². The number of benzene rings is 8. The highest BCUT2D eigenvalue weighted by Crippen LogP contribution is 2.46. The minimum Gasteiger partial charge on any atom is -0.456 e. The van der Waals surface area contributed by atoms with Gasteiger partial charge in [0, 0.05) is 53.8 Å². The molecule has 254 valence electrons. The second kappa shape index (κ2) is 12.4. The first-order valence-electron chi connectivity index (χ1n) is 18.3. The second-order valence-electron chi connectivity index (χ2n) is 13.9. The van der Waals surface area contributed by atoms with Gasteiger partial charge in [0.15, 0.2) is 6.17 Å². The van der Waals surface area contributed by atoms with Crippen LogP contribution in [0.15, 0.2) is 197 Å². The van der Waals surface area contributed by atoms with E-state index in [1.807, 2.05) is 11.3 Å². The molecule has 1 aliphatic heterocycles. The van der Waals surface area contributed by atoms with E-state index in [2.05, 4.69) is 193 Å². The topological polar surface area (TPSA) is 28.7 Å². The molecular weight excluding hydrogens is 677 g/mol. The van der Waals surface area contributed by atoms with Crippen molar-refractivity contribution in [3.8, 4) is 33.4 Å². The Labute approximate surface area is 316 Å². The van der Waals surface area contributed by atoms with E-state index in [4.69, 9.17) is 9.41 Å². The predicted octanol–water partition coefficient (Wildman–Crippen LogP) is 13.9. The summed E-state index contributed by atoms with van der Waals surface area (Å²) >= 11 is 1.85. The molecule has 0 saturated carbocycles. The smallest absolute Gasteiger partial charge is 0.156 e. The van der Waals surface area contributed by atoms with E-state index in [0.717, 1.165) is 39.0 Å². The van der Waals surface area contributed by atoms with E-state index in [9.17, 15) is 0 Å². The summed E-state index contributed by atoms with van der Waals surface area (Å²) in [6.07, 6.45) is -0.175. The Kier molecular flexibility index (Phi) is 7.10. The lowest BCUT2D eigenvalue weighted by atomic mass is 9.97. The third-order valence-electron chi connectivity index (χ3n) is 10.7. The SMILES string of the molecule is c1ccc(-c2cccc(-c3ccc(C4=NC(c5cccc6c5sc5ccccc56)N4c4ccc5c(c4)oc4ccc(-c6ccccc6)cc45)cc3)c2)cc1. The molecule has 0 radical (unpaired) electrons. The third kappa shape index (κ3) is 5.07. The van der Waals surface area contributed by atoms with Gasteiger partial charge in [-0.05, 0) is 69.8 Å². The highest BCUT2D eigenvalue weighted by Gasteiger charge is 2.36. The quantitative estimate of drug-likeness (QED) is 0.172. The van der Waals surface area contributed by atoms with Crippen LogP contribution in [0.25, 0.3) is 75.5 Å². The number of nitrogens with zero attached hydrogens (tertiary/aromatic N) is 2. The standard InChI is InChI=1S/C50H32N2OS/c1-3-11-32(12-4-1)36-15-9-16-37(29-36)34-21-23-35(24-22-34)49-51-50(43-19-10-18-42-41-17-7-8-20-47(41)54-48(42)43)52(49)39-26-27-40-44-30-38(33-13-5-2-6-14-33)25-28-45(44)53-46(40)31-39/h1-31,50H. The van der Waals surface area contributed by atoms with Crippen LogP contribution in [0.5, 0.6) is 0 Å². The summed E-state index contributed by atoms with van der Waals surface area (Å²) in [5, 5.41) is 4.80. The van der Waals surface area contributed by atoms with Gasteiger partial charge in [0.1, 0.15) is 17.0 Å². The van der Waals surface area contributed by atoms with Crippen molar-refractivity contribution < 1.29 is 4.42 Å². The highest BCUT2D eigenvalue weighted by atomic mass is 32.1. The van der Waals surface area contributed by atoms with Crippen molar-refractivity contribution in [1.82, 2.24) is 0 Å². The van der Waals surface area contributed by atoms with Gasteiger partial charge >= 0.3 is 0 Å². The maximum atomic E-state index is 6.54. The van der Waals surface area contributed by atoms with E-state index in [0.29, 0.717) is 0 Å². The monoisotopic (exact) mass is 708 g/mol. The molecule has 2 aromatic heterocycles. The molecular formula is C50H32N2OS. The second-order valence-corrected chi connectivity index (χ2v) is 15.0. The molecule has 1 unspecified atom stereocenters. The normalized spacial score (nSPS) is 14.2. The first-order valence-corrected chi connectivity index (χ1v) is 19.1. The van der Waals surface area contributed by atoms with Crippen LogP contribution in [0.4, 0.5) is 5.69 Å². The highest BCUT2D eigenvalue weighted by molar-refractivity contribution is 7.26. The molecule has 3 nitrogen and oxygen atoms in total. The van der Waals surface area contributed by atoms with Crippen LogP contribution in [-0.4, -0.2) is 5.84 Å². The third-order valence-corrected chi connectivity index (χ3v) is 12.0. The number of amidine groups is 1. The van der Waals surface area contributed by atoms with Crippen molar-refractivity contribution >= 4 is 65.0 Å². The van der Waals surface area contributed by atoms with E-state index in [1.54, 1.807) is 0 Å². The molecule has 0 fully saturated rings. The van der Waals surface area contributed by atoms with Crippen molar-refractivity contribution in [2.45, 2.75) is 6.17 Å². The molecule has 0 spiro atoms. The summed E-state index contributed by atoms with van der Waals surface area (Å²) in [6.45, 7) is 0. The zero-order valence-electron chi connectivity index (χ0n) is 29.2. The largest absolute Gasteiger partial charge is 0.456 e. The Morgan fingerprint density at radius 2 is 1.04 bits per heavy atom. The van der Waals surface area contributed by atoms with Gasteiger partial charge in [-0.15, -0.1) is 11.3 Å². The Bertz CT molecular complexity index is 3050. The summed E-state index contributed by atoms with van der Waals surface area (Å²) in [5.74, 6) is 0.949. The lowest BCUT2D eigenvalue weighted by Gasteiger charge is -2.40. The fourth-order valence-corrected chi connectivity index (χ4v) is 9.23. The molecule has 4 heteroatoms. The van der Waals surface area contributed by atoms with Crippen LogP contribution in [0.2, 0.25) is 0 Å². The average Bonchev–Trinajstić information content (AvgIpc) is 3.80. The van der Waals surface area contributed by atoms with E-state index >= 15 is 0 Å².